The van der Waals surface area contributed by atoms with E-state index in [0.717, 1.165) is 12.1 Å². The number of aryl methyl sites for hydroxylation is 1. The monoisotopic (exact) mass is 196 g/mol. The fourth-order valence-electron chi connectivity index (χ4n) is 0.841. The van der Waals surface area contributed by atoms with E-state index in [4.69, 9.17) is 0 Å². The topological polar surface area (TPSA) is 81.2 Å². The van der Waals surface area contributed by atoms with Crippen LogP contribution in [0.3, 0.4) is 0 Å². The summed E-state index contributed by atoms with van der Waals surface area (Å²) in [6.45, 7) is 4.64. The van der Waals surface area contributed by atoms with Crippen molar-refractivity contribution in [1.29, 1.82) is 0 Å². The molecule has 1 aromatic rings. The van der Waals surface area contributed by atoms with Gasteiger partial charge in [0.25, 0.3) is 5.56 Å². The number of carbonyl (C=O) groups excluding carboxylic acids is 1. The molecule has 0 radical (unpaired) electrons. The van der Waals surface area contributed by atoms with Crippen molar-refractivity contribution < 1.29 is 9.63 Å². The third-order valence-electron chi connectivity index (χ3n) is 1.42. The van der Waals surface area contributed by atoms with Gasteiger partial charge in [0.15, 0.2) is 0 Å². The minimum atomic E-state index is -0.801. The van der Waals surface area contributed by atoms with Crippen molar-refractivity contribution in [2.24, 2.45) is 0 Å². The van der Waals surface area contributed by atoms with Gasteiger partial charge in [-0.25, -0.2) is 9.59 Å². The van der Waals surface area contributed by atoms with Crippen LogP contribution in [0.4, 0.5) is 0 Å². The van der Waals surface area contributed by atoms with Crippen molar-refractivity contribution in [3.63, 3.8) is 0 Å². The van der Waals surface area contributed by atoms with Crippen LogP contribution < -0.4 is 16.1 Å². The van der Waals surface area contributed by atoms with Crippen molar-refractivity contribution in [1.82, 2.24) is 9.71 Å². The van der Waals surface area contributed by atoms with Gasteiger partial charge in [0.05, 0.1) is 5.69 Å². The average molecular weight is 196 g/mol. The van der Waals surface area contributed by atoms with Crippen molar-refractivity contribution >= 4 is 5.97 Å². The van der Waals surface area contributed by atoms with E-state index in [1.165, 1.54) is 6.92 Å². The van der Waals surface area contributed by atoms with Crippen LogP contribution >= 0.6 is 0 Å². The van der Waals surface area contributed by atoms with Gasteiger partial charge in [-0.1, -0.05) is 6.58 Å². The minimum absolute atomic E-state index is 0.231. The van der Waals surface area contributed by atoms with Crippen LogP contribution in [0.5, 0.6) is 0 Å². The van der Waals surface area contributed by atoms with E-state index in [0.29, 0.717) is 4.73 Å². The van der Waals surface area contributed by atoms with Gasteiger partial charge in [-0.05, 0) is 6.92 Å². The smallest absolute Gasteiger partial charge is 0.327 e. The summed E-state index contributed by atoms with van der Waals surface area (Å²) in [5, 5.41) is 0. The minimum Gasteiger partial charge on any atom is -0.327 e. The summed E-state index contributed by atoms with van der Waals surface area (Å²) >= 11 is 0. The number of nitrogens with one attached hydrogen (secondary N) is 1. The fraction of sp³-hybridized carbons (Fsp3) is 0.125. The molecule has 0 fully saturated rings. The van der Waals surface area contributed by atoms with E-state index in [1.54, 1.807) is 0 Å². The predicted molar refractivity (Wildman–Crippen MR) is 47.8 cm³/mol. The largest absolute Gasteiger partial charge is 0.362 e. The molecule has 1 N–H and O–H groups in total. The molecule has 6 heteroatoms. The Morgan fingerprint density at radius 1 is 1.64 bits per heavy atom. The van der Waals surface area contributed by atoms with Gasteiger partial charge in [0.2, 0.25) is 0 Å². The van der Waals surface area contributed by atoms with Gasteiger partial charge < -0.3 is 4.84 Å². The molecule has 0 amide bonds. The second kappa shape index (κ2) is 3.73. The summed E-state index contributed by atoms with van der Waals surface area (Å²) in [5.41, 5.74) is -1.11. The van der Waals surface area contributed by atoms with Crippen molar-refractivity contribution in [2.45, 2.75) is 6.92 Å². The van der Waals surface area contributed by atoms with E-state index in [9.17, 15) is 14.4 Å². The number of carbonyl (C=O) groups is 1. The highest BCUT2D eigenvalue weighted by atomic mass is 16.7. The standard InChI is InChI=1S/C8H8N2O4/c1-3-7(12)14-10-5(2)4-6(11)9-8(10)13/h3-4H,1H2,2H3,(H,9,11,13). The number of aromatic nitrogens is 2. The molecule has 0 aliphatic carbocycles. The summed E-state index contributed by atoms with van der Waals surface area (Å²) in [4.78, 5) is 39.2. The first-order valence-corrected chi connectivity index (χ1v) is 3.72. The lowest BCUT2D eigenvalue weighted by molar-refractivity contribution is -0.139. The molecule has 0 aliphatic heterocycles. The van der Waals surface area contributed by atoms with Crippen molar-refractivity contribution in [3.05, 3.63) is 45.3 Å². The molecule has 0 saturated carbocycles. The van der Waals surface area contributed by atoms with Crippen LogP contribution in [0.15, 0.2) is 28.3 Å². The molecule has 0 bridgehead atoms. The van der Waals surface area contributed by atoms with Crippen LogP contribution in [0.2, 0.25) is 0 Å². The lowest BCUT2D eigenvalue weighted by Gasteiger charge is -2.05. The summed E-state index contributed by atoms with van der Waals surface area (Å²) in [6.07, 6.45) is 0.914. The van der Waals surface area contributed by atoms with Gasteiger partial charge in [-0.3, -0.25) is 9.78 Å². The van der Waals surface area contributed by atoms with Gasteiger partial charge in [-0.15, -0.1) is 4.73 Å². The lowest BCUT2D eigenvalue weighted by atomic mass is 10.4. The molecule has 0 saturated heterocycles. The Hall–Kier alpha value is -2.11. The SMILES string of the molecule is C=CC(=O)On1c(C)cc(=O)[nH]c1=O. The Kier molecular flexibility index (Phi) is 2.66. The molecular formula is C8H8N2O4. The van der Waals surface area contributed by atoms with Gasteiger partial charge >= 0.3 is 11.7 Å². The number of H-pyrrole nitrogens is 1. The normalized spacial score (nSPS) is 9.50. The molecule has 1 heterocycles. The Labute approximate surface area is 78.4 Å². The molecule has 0 aromatic carbocycles. The van der Waals surface area contributed by atoms with E-state index in [2.05, 4.69) is 11.4 Å². The van der Waals surface area contributed by atoms with Gasteiger partial charge in [0, 0.05) is 12.1 Å². The first kappa shape index (κ1) is 9.97. The molecule has 0 atom stereocenters. The predicted octanol–water partition coefficient (Wildman–Crippen LogP) is -1.01. The number of hydrogen-bond acceptors (Lipinski definition) is 4. The maximum absolute atomic E-state index is 11.1. The summed E-state index contributed by atoms with van der Waals surface area (Å²) in [5.74, 6) is -0.776. The number of hydrogen-bond donors (Lipinski definition) is 1. The highest BCUT2D eigenvalue weighted by molar-refractivity contribution is 5.81. The Morgan fingerprint density at radius 3 is 2.79 bits per heavy atom. The first-order chi connectivity index (χ1) is 6.54. The fourth-order valence-corrected chi connectivity index (χ4v) is 0.841. The van der Waals surface area contributed by atoms with Crippen LogP contribution in [-0.4, -0.2) is 15.7 Å². The Morgan fingerprint density at radius 2 is 2.29 bits per heavy atom. The van der Waals surface area contributed by atoms with Gasteiger partial charge in [0.1, 0.15) is 0 Å². The molecule has 0 spiro atoms. The quantitative estimate of drug-likeness (QED) is 0.614. The van der Waals surface area contributed by atoms with E-state index < -0.39 is 17.2 Å². The van der Waals surface area contributed by atoms with Crippen LogP contribution in [0.1, 0.15) is 5.69 Å². The summed E-state index contributed by atoms with van der Waals surface area (Å²) < 4.78 is 0.686. The molecule has 1 aromatic heterocycles. The van der Waals surface area contributed by atoms with Crippen LogP contribution in [0.25, 0.3) is 0 Å². The van der Waals surface area contributed by atoms with Gasteiger partial charge in [-0.2, -0.15) is 0 Å². The van der Waals surface area contributed by atoms with Crippen molar-refractivity contribution in [2.75, 3.05) is 0 Å². The summed E-state index contributed by atoms with van der Waals surface area (Å²) in [7, 11) is 0. The summed E-state index contributed by atoms with van der Waals surface area (Å²) in [6, 6.07) is 1.14. The molecule has 0 aliphatic rings. The van der Waals surface area contributed by atoms with E-state index >= 15 is 0 Å². The molecule has 1 rings (SSSR count). The second-order valence-corrected chi connectivity index (χ2v) is 2.49. The average Bonchev–Trinajstić information content (AvgIpc) is 2.10. The highest BCUT2D eigenvalue weighted by Gasteiger charge is 2.05. The molecule has 6 nitrogen and oxygen atoms in total. The molecular weight excluding hydrogens is 188 g/mol. The number of rotatable bonds is 2. The first-order valence-electron chi connectivity index (χ1n) is 3.72. The van der Waals surface area contributed by atoms with Crippen molar-refractivity contribution in [3.8, 4) is 0 Å². The maximum Gasteiger partial charge on any atom is 0.362 e. The molecule has 14 heavy (non-hydrogen) atoms. The van der Waals surface area contributed by atoms with E-state index in [-0.39, 0.29) is 5.69 Å². The zero-order valence-corrected chi connectivity index (χ0v) is 7.44. The highest BCUT2D eigenvalue weighted by Crippen LogP contribution is 1.85. The lowest BCUT2D eigenvalue weighted by Crippen LogP contribution is -2.37. The van der Waals surface area contributed by atoms with Crippen LogP contribution in [-0.2, 0) is 4.79 Å². The number of nitrogens with zero attached hydrogens (tertiary/aromatic N) is 1. The van der Waals surface area contributed by atoms with E-state index in [1.807, 2.05) is 4.98 Å². The molecule has 0 unspecified atom stereocenters. The third-order valence-corrected chi connectivity index (χ3v) is 1.42. The Balaban J connectivity index is 3.22. The molecule has 74 valence electrons. The number of aromatic amines is 1. The Bertz CT molecular complexity index is 483. The van der Waals surface area contributed by atoms with Crippen LogP contribution in [0, 0.1) is 6.92 Å². The zero-order valence-electron chi connectivity index (χ0n) is 7.44. The maximum atomic E-state index is 11.1. The zero-order chi connectivity index (χ0) is 10.7. The second-order valence-electron chi connectivity index (χ2n) is 2.49. The third kappa shape index (κ3) is 1.98.